The van der Waals surface area contributed by atoms with E-state index in [1.54, 1.807) is 12.1 Å². The predicted molar refractivity (Wildman–Crippen MR) is 85.9 cm³/mol. The van der Waals surface area contributed by atoms with Crippen molar-refractivity contribution in [2.45, 2.75) is 13.0 Å². The van der Waals surface area contributed by atoms with Crippen molar-refractivity contribution < 1.29 is 4.39 Å². The minimum atomic E-state index is -0.361. The molecule has 7 heteroatoms. The van der Waals surface area contributed by atoms with Gasteiger partial charge < -0.3 is 5.32 Å². The minimum Gasteiger partial charge on any atom is -0.375 e. The Bertz CT molecular complexity index is 806. The molecule has 0 saturated carbocycles. The van der Waals surface area contributed by atoms with Gasteiger partial charge in [-0.05, 0) is 36.8 Å². The third-order valence-corrected chi connectivity index (χ3v) is 4.35. The summed E-state index contributed by atoms with van der Waals surface area (Å²) in [5, 5.41) is 4.21. The van der Waals surface area contributed by atoms with E-state index in [-0.39, 0.29) is 11.9 Å². The molecule has 0 radical (unpaired) electrons. The first kappa shape index (κ1) is 14.5. The highest BCUT2D eigenvalue weighted by Crippen LogP contribution is 2.34. The van der Waals surface area contributed by atoms with Crippen LogP contribution in [0.5, 0.6) is 0 Å². The molecule has 1 N–H and O–H groups in total. The highest BCUT2D eigenvalue weighted by atomic mass is 35.5. The zero-order valence-electron chi connectivity index (χ0n) is 10.9. The molecule has 0 saturated heterocycles. The average Bonchev–Trinajstić information content (AvgIpc) is 2.90. The lowest BCUT2D eigenvalue weighted by molar-refractivity contribution is 0.626. The second-order valence-corrected chi connectivity index (χ2v) is 5.93. The largest absolute Gasteiger partial charge is 0.375 e. The van der Waals surface area contributed by atoms with Crippen LogP contribution in [0.1, 0.15) is 18.5 Å². The molecule has 0 amide bonds. The quantitative estimate of drug-likeness (QED) is 0.701. The molecular formula is C14H10Cl2FN3S. The van der Waals surface area contributed by atoms with Gasteiger partial charge in [-0.3, -0.25) is 0 Å². The van der Waals surface area contributed by atoms with Gasteiger partial charge in [0.05, 0.1) is 28.5 Å². The summed E-state index contributed by atoms with van der Waals surface area (Å²) in [6.07, 6.45) is 0. The summed E-state index contributed by atoms with van der Waals surface area (Å²) in [5.41, 5.74) is 2.99. The number of fused-ring (bicyclic) bond motifs is 1. The molecule has 1 unspecified atom stereocenters. The molecule has 2 aromatic carbocycles. The zero-order chi connectivity index (χ0) is 15.0. The first-order valence-corrected chi connectivity index (χ1v) is 7.67. The third-order valence-electron chi connectivity index (χ3n) is 3.17. The van der Waals surface area contributed by atoms with Gasteiger partial charge in [0.2, 0.25) is 0 Å². The van der Waals surface area contributed by atoms with Gasteiger partial charge in [0.1, 0.15) is 16.9 Å². The normalized spacial score (nSPS) is 12.6. The summed E-state index contributed by atoms with van der Waals surface area (Å²) in [5.74, 6) is -0.361. The SMILES string of the molecule is CC(Nc1c(Cl)ccc2nsnc12)c1ccc(F)cc1Cl. The Hall–Kier alpha value is -1.43. The fourth-order valence-corrected chi connectivity index (χ4v) is 3.19. The van der Waals surface area contributed by atoms with Crippen LogP contribution in [-0.2, 0) is 0 Å². The van der Waals surface area contributed by atoms with Gasteiger partial charge in [-0.15, -0.1) is 0 Å². The fourth-order valence-electron chi connectivity index (χ4n) is 2.11. The van der Waals surface area contributed by atoms with Crippen LogP contribution in [-0.4, -0.2) is 8.75 Å². The van der Waals surface area contributed by atoms with E-state index in [9.17, 15) is 4.39 Å². The molecule has 1 aromatic heterocycles. The Morgan fingerprint density at radius 2 is 1.95 bits per heavy atom. The average molecular weight is 342 g/mol. The first-order chi connectivity index (χ1) is 10.1. The van der Waals surface area contributed by atoms with Gasteiger partial charge in [-0.25, -0.2) is 4.39 Å². The first-order valence-electron chi connectivity index (χ1n) is 6.18. The van der Waals surface area contributed by atoms with Gasteiger partial charge in [0, 0.05) is 5.02 Å². The molecule has 1 heterocycles. The number of aromatic nitrogens is 2. The maximum Gasteiger partial charge on any atom is 0.129 e. The molecule has 3 rings (SSSR count). The minimum absolute atomic E-state index is 0.150. The molecule has 0 fully saturated rings. The van der Waals surface area contributed by atoms with Crippen molar-refractivity contribution in [3.05, 3.63) is 51.8 Å². The van der Waals surface area contributed by atoms with Crippen molar-refractivity contribution in [1.29, 1.82) is 0 Å². The van der Waals surface area contributed by atoms with Crippen LogP contribution in [0, 0.1) is 5.82 Å². The zero-order valence-corrected chi connectivity index (χ0v) is 13.2. The summed E-state index contributed by atoms with van der Waals surface area (Å²) < 4.78 is 21.6. The number of nitrogens with one attached hydrogen (secondary N) is 1. The second-order valence-electron chi connectivity index (χ2n) is 4.59. The molecule has 3 aromatic rings. The van der Waals surface area contributed by atoms with Crippen LogP contribution in [0.2, 0.25) is 10.0 Å². The Labute approximate surface area is 135 Å². The van der Waals surface area contributed by atoms with E-state index in [1.807, 2.05) is 13.0 Å². The Kier molecular flexibility index (Phi) is 3.97. The van der Waals surface area contributed by atoms with E-state index >= 15 is 0 Å². The Balaban J connectivity index is 1.98. The topological polar surface area (TPSA) is 37.8 Å². The lowest BCUT2D eigenvalue weighted by Crippen LogP contribution is -2.08. The number of rotatable bonds is 3. The lowest BCUT2D eigenvalue weighted by Gasteiger charge is -2.18. The second kappa shape index (κ2) is 5.75. The Morgan fingerprint density at radius 3 is 2.71 bits per heavy atom. The summed E-state index contributed by atoms with van der Waals surface area (Å²) in [6, 6.07) is 7.77. The van der Waals surface area contributed by atoms with Crippen molar-refractivity contribution in [3.63, 3.8) is 0 Å². The Morgan fingerprint density at radius 1 is 1.14 bits per heavy atom. The molecule has 0 spiro atoms. The number of hydrogen-bond acceptors (Lipinski definition) is 4. The van der Waals surface area contributed by atoms with Crippen molar-refractivity contribution in [1.82, 2.24) is 8.75 Å². The van der Waals surface area contributed by atoms with Crippen molar-refractivity contribution in [2.24, 2.45) is 0 Å². The van der Waals surface area contributed by atoms with Gasteiger partial charge in [0.25, 0.3) is 0 Å². The van der Waals surface area contributed by atoms with Crippen molar-refractivity contribution >= 4 is 51.7 Å². The van der Waals surface area contributed by atoms with Crippen LogP contribution < -0.4 is 5.32 Å². The van der Waals surface area contributed by atoms with Gasteiger partial charge in [0.15, 0.2) is 0 Å². The number of hydrogen-bond donors (Lipinski definition) is 1. The highest BCUT2D eigenvalue weighted by Gasteiger charge is 2.15. The van der Waals surface area contributed by atoms with Crippen LogP contribution in [0.4, 0.5) is 10.1 Å². The number of nitrogens with zero attached hydrogens (tertiary/aromatic N) is 2. The van der Waals surface area contributed by atoms with Crippen LogP contribution in [0.3, 0.4) is 0 Å². The van der Waals surface area contributed by atoms with Gasteiger partial charge >= 0.3 is 0 Å². The number of anilines is 1. The van der Waals surface area contributed by atoms with E-state index in [0.717, 1.165) is 28.3 Å². The third kappa shape index (κ3) is 2.81. The van der Waals surface area contributed by atoms with Crippen molar-refractivity contribution in [3.8, 4) is 0 Å². The van der Waals surface area contributed by atoms with Crippen LogP contribution >= 0.6 is 34.9 Å². The van der Waals surface area contributed by atoms with Crippen LogP contribution in [0.25, 0.3) is 11.0 Å². The van der Waals surface area contributed by atoms with Crippen molar-refractivity contribution in [2.75, 3.05) is 5.32 Å². The molecule has 0 aliphatic heterocycles. The van der Waals surface area contributed by atoms with Gasteiger partial charge in [-0.2, -0.15) is 8.75 Å². The summed E-state index contributed by atoms with van der Waals surface area (Å²) in [6.45, 7) is 1.92. The molecule has 108 valence electrons. The summed E-state index contributed by atoms with van der Waals surface area (Å²) in [7, 11) is 0. The van der Waals surface area contributed by atoms with E-state index in [1.165, 1.54) is 12.1 Å². The smallest absolute Gasteiger partial charge is 0.129 e. The molecule has 0 bridgehead atoms. The monoisotopic (exact) mass is 341 g/mol. The van der Waals surface area contributed by atoms with E-state index in [2.05, 4.69) is 14.1 Å². The molecule has 1 atom stereocenters. The molecule has 0 aliphatic carbocycles. The maximum absolute atomic E-state index is 13.1. The van der Waals surface area contributed by atoms with E-state index in [0.29, 0.717) is 15.7 Å². The predicted octanol–water partition coefficient (Wildman–Crippen LogP) is 5.31. The molecule has 0 aliphatic rings. The highest BCUT2D eigenvalue weighted by molar-refractivity contribution is 7.00. The fraction of sp³-hybridized carbons (Fsp3) is 0.143. The molecule has 3 nitrogen and oxygen atoms in total. The van der Waals surface area contributed by atoms with Crippen LogP contribution in [0.15, 0.2) is 30.3 Å². The van der Waals surface area contributed by atoms with Gasteiger partial charge in [-0.1, -0.05) is 29.3 Å². The number of halogens is 3. The molecule has 21 heavy (non-hydrogen) atoms. The van der Waals surface area contributed by atoms with E-state index < -0.39 is 0 Å². The standard InChI is InChI=1S/C14H10Cl2FN3S/c1-7(9-3-2-8(17)6-11(9)16)18-13-10(15)4-5-12-14(13)20-21-19-12/h2-7,18H,1H3. The summed E-state index contributed by atoms with van der Waals surface area (Å²) in [4.78, 5) is 0. The van der Waals surface area contributed by atoms with E-state index in [4.69, 9.17) is 23.2 Å². The number of benzene rings is 2. The summed E-state index contributed by atoms with van der Waals surface area (Å²) >= 11 is 13.5. The lowest BCUT2D eigenvalue weighted by atomic mass is 10.1. The molecular weight excluding hydrogens is 332 g/mol. The maximum atomic E-state index is 13.1.